The minimum atomic E-state index is -4.00. The van der Waals surface area contributed by atoms with Crippen molar-refractivity contribution < 1.29 is 22.4 Å². The van der Waals surface area contributed by atoms with E-state index in [1.165, 1.54) is 0 Å². The van der Waals surface area contributed by atoms with Crippen LogP contribution in [0.5, 0.6) is 0 Å². The van der Waals surface area contributed by atoms with E-state index in [0.717, 1.165) is 22.3 Å². The molecule has 2 saturated heterocycles. The van der Waals surface area contributed by atoms with Crippen molar-refractivity contribution in [2.75, 3.05) is 0 Å². The van der Waals surface area contributed by atoms with Gasteiger partial charge in [0.2, 0.25) is 0 Å². The predicted molar refractivity (Wildman–Crippen MR) is 96.6 cm³/mol. The fourth-order valence-electron chi connectivity index (χ4n) is 4.31. The molecule has 0 saturated carbocycles. The summed E-state index contributed by atoms with van der Waals surface area (Å²) in [5, 5.41) is 0. The molecule has 0 amide bonds. The molecule has 1 aromatic rings. The van der Waals surface area contributed by atoms with E-state index in [1.807, 2.05) is 50.3 Å². The maximum absolute atomic E-state index is 12.6. The van der Waals surface area contributed by atoms with Crippen LogP contribution in [0.2, 0.25) is 0 Å². The van der Waals surface area contributed by atoms with Crippen molar-refractivity contribution in [1.29, 1.82) is 0 Å². The van der Waals surface area contributed by atoms with Gasteiger partial charge in [-0.05, 0) is 0 Å². The summed E-state index contributed by atoms with van der Waals surface area (Å²) < 4.78 is 15.9. The molecule has 1 aliphatic carbocycles. The standard InChI is InChI=1S/C20H22O6.Pb/c1-12-8-14(13-6-4-3-5-7-13)16(10-18(23)24)20(2,11-19(25)26)15(12)9-17(21)22;/h3-8,16H,9-11H2,1-2H3,(H,21,22)(H,23,24)(H,25,26);/q;+3/p-3. The molecule has 1 aromatic carbocycles. The van der Waals surface area contributed by atoms with Crippen LogP contribution in [0, 0.1) is 11.3 Å². The molecular formula is C20H19O6Pb. The van der Waals surface area contributed by atoms with Gasteiger partial charge in [0.15, 0.2) is 0 Å². The topological polar surface area (TPSA) is 78.9 Å². The molecule has 2 bridgehead atoms. The van der Waals surface area contributed by atoms with E-state index in [0.29, 0.717) is 0 Å². The normalized spacial score (nSPS) is 28.7. The number of fused-ring (bicyclic) bond motifs is 3. The van der Waals surface area contributed by atoms with Gasteiger partial charge in [-0.25, -0.2) is 0 Å². The minimum absolute atomic E-state index is 0.0831. The van der Waals surface area contributed by atoms with Crippen molar-refractivity contribution in [3.8, 4) is 0 Å². The third-order valence-electron chi connectivity index (χ3n) is 5.58. The van der Waals surface area contributed by atoms with Crippen LogP contribution in [0.3, 0.4) is 0 Å². The summed E-state index contributed by atoms with van der Waals surface area (Å²) >= 11 is -4.00. The second kappa shape index (κ2) is 6.88. The average Bonchev–Trinajstić information content (AvgIpc) is 2.68. The molecule has 139 valence electrons. The van der Waals surface area contributed by atoms with Crippen LogP contribution >= 0.6 is 0 Å². The molecule has 2 unspecified atom stereocenters. The van der Waals surface area contributed by atoms with Crippen LogP contribution in [0.1, 0.15) is 38.7 Å². The van der Waals surface area contributed by atoms with Crippen LogP contribution in [0.15, 0.2) is 47.6 Å². The van der Waals surface area contributed by atoms with Gasteiger partial charge >= 0.3 is 168 Å². The molecule has 3 aliphatic rings. The molecule has 7 heteroatoms. The van der Waals surface area contributed by atoms with E-state index in [4.69, 9.17) is 8.06 Å². The number of carbonyl (C=O) groups is 3. The van der Waals surface area contributed by atoms with Gasteiger partial charge in [0.1, 0.15) is 0 Å². The zero-order chi connectivity index (χ0) is 19.2. The van der Waals surface area contributed by atoms with Gasteiger partial charge in [0.25, 0.3) is 0 Å². The Morgan fingerprint density at radius 1 is 1.00 bits per heavy atom. The summed E-state index contributed by atoms with van der Waals surface area (Å²) in [5.41, 5.74) is 3.03. The Balaban J connectivity index is 1.95. The summed E-state index contributed by atoms with van der Waals surface area (Å²) in [7, 11) is 0. The number of rotatable bonds is 1. The van der Waals surface area contributed by atoms with Gasteiger partial charge in [0.05, 0.1) is 0 Å². The quantitative estimate of drug-likeness (QED) is 0.490. The van der Waals surface area contributed by atoms with Gasteiger partial charge in [-0.3, -0.25) is 0 Å². The second-order valence-corrected chi connectivity index (χ2v) is 11.7. The Kier molecular flexibility index (Phi) is 4.69. The third kappa shape index (κ3) is 3.35. The predicted octanol–water partition coefficient (Wildman–Crippen LogP) is 2.83. The first kappa shape index (κ1) is 18.4. The van der Waals surface area contributed by atoms with Crippen molar-refractivity contribution >= 4 is 47.5 Å². The van der Waals surface area contributed by atoms with E-state index in [-0.39, 0.29) is 25.2 Å². The van der Waals surface area contributed by atoms with Crippen molar-refractivity contribution in [2.24, 2.45) is 11.3 Å². The molecule has 2 fully saturated rings. The molecule has 0 aromatic heterocycles. The van der Waals surface area contributed by atoms with E-state index in [9.17, 15) is 14.4 Å². The van der Waals surface area contributed by atoms with Gasteiger partial charge in [-0.15, -0.1) is 0 Å². The van der Waals surface area contributed by atoms with Crippen molar-refractivity contribution in [3.63, 3.8) is 0 Å². The van der Waals surface area contributed by atoms with Crippen molar-refractivity contribution in [1.82, 2.24) is 0 Å². The van der Waals surface area contributed by atoms with Gasteiger partial charge in [-0.2, -0.15) is 0 Å². The Hall–Kier alpha value is -1.97. The van der Waals surface area contributed by atoms with Crippen LogP contribution < -0.4 is 0 Å². The number of hydrogen-bond acceptors (Lipinski definition) is 6. The summed E-state index contributed by atoms with van der Waals surface area (Å²) in [4.78, 5) is 37.5. The molecule has 2 atom stereocenters. The molecule has 4 rings (SSSR count). The van der Waals surface area contributed by atoms with Crippen LogP contribution in [-0.4, -0.2) is 42.0 Å². The molecule has 1 radical (unpaired) electrons. The molecule has 6 nitrogen and oxygen atoms in total. The molecule has 0 spiro atoms. The van der Waals surface area contributed by atoms with Crippen LogP contribution in [-0.2, 0) is 22.4 Å². The summed E-state index contributed by atoms with van der Waals surface area (Å²) in [6.07, 6.45) is 2.32. The van der Waals surface area contributed by atoms with Crippen molar-refractivity contribution in [2.45, 2.75) is 33.1 Å². The Labute approximate surface area is 167 Å². The molecular weight excluding hydrogens is 543 g/mol. The fraction of sp³-hybridized carbons (Fsp3) is 0.350. The Morgan fingerprint density at radius 3 is 2.41 bits per heavy atom. The Bertz CT molecular complexity index is 887. The van der Waals surface area contributed by atoms with E-state index in [2.05, 4.69) is 0 Å². The summed E-state index contributed by atoms with van der Waals surface area (Å²) in [5.74, 6) is -1.71. The van der Waals surface area contributed by atoms with Crippen LogP contribution in [0.4, 0.5) is 0 Å². The number of hydrogen-bond donors (Lipinski definition) is 0. The molecule has 27 heavy (non-hydrogen) atoms. The van der Waals surface area contributed by atoms with E-state index < -0.39 is 47.4 Å². The maximum atomic E-state index is 12.6. The first-order valence-corrected chi connectivity index (χ1v) is 13.6. The Morgan fingerprint density at radius 2 is 1.67 bits per heavy atom. The van der Waals surface area contributed by atoms with Gasteiger partial charge in [-0.1, -0.05) is 0 Å². The molecule has 2 heterocycles. The third-order valence-corrected chi connectivity index (χ3v) is 10.2. The summed E-state index contributed by atoms with van der Waals surface area (Å²) in [6.45, 7) is 3.88. The first-order valence-electron chi connectivity index (χ1n) is 8.83. The fourth-order valence-corrected chi connectivity index (χ4v) is 7.85. The van der Waals surface area contributed by atoms with Gasteiger partial charge in [0, 0.05) is 0 Å². The number of carbonyl (C=O) groups excluding carboxylic acids is 3. The average molecular weight is 563 g/mol. The zero-order valence-corrected chi connectivity index (χ0v) is 19.0. The monoisotopic (exact) mass is 563 g/mol. The zero-order valence-electron chi connectivity index (χ0n) is 15.1. The van der Waals surface area contributed by atoms with Crippen molar-refractivity contribution in [3.05, 3.63) is 53.1 Å². The second-order valence-electron chi connectivity index (χ2n) is 7.33. The summed E-state index contributed by atoms with van der Waals surface area (Å²) in [6, 6.07) is 9.79. The number of allylic oxidation sites excluding steroid dienone is 3. The molecule has 0 N–H and O–H groups in total. The van der Waals surface area contributed by atoms with E-state index >= 15 is 0 Å². The molecule has 2 aliphatic heterocycles. The first-order chi connectivity index (χ1) is 12.9. The number of benzene rings is 1. The van der Waals surface area contributed by atoms with Gasteiger partial charge < -0.3 is 0 Å². The van der Waals surface area contributed by atoms with E-state index in [1.54, 1.807) is 0 Å². The van der Waals surface area contributed by atoms with Crippen LogP contribution in [0.25, 0.3) is 5.57 Å². The SMILES string of the molecule is CC1=C2CC(=O)[O][Pb]3[O]C(=O)CC(C(c4ccccc4)=C1)C2(C)CC(=O)[O]3.